The molecule has 0 saturated carbocycles. The minimum absolute atomic E-state index is 0.0704. The molecule has 17 heavy (non-hydrogen) atoms. The lowest BCUT2D eigenvalue weighted by molar-refractivity contribution is -0.384. The number of H-pyrrole nitrogens is 1. The second-order valence-electron chi connectivity index (χ2n) is 3.57. The Morgan fingerprint density at radius 2 is 2.12 bits per heavy atom. The molecule has 0 spiro atoms. The second-order valence-corrected chi connectivity index (χ2v) is 3.57. The number of nitrogens with zero attached hydrogens (tertiary/aromatic N) is 1. The Hall–Kier alpha value is -2.57. The summed E-state index contributed by atoms with van der Waals surface area (Å²) in [5.74, 6) is -1.54. The normalized spacial score (nSPS) is 10.6. The number of fused-ring (bicyclic) bond motifs is 1. The van der Waals surface area contributed by atoms with Gasteiger partial charge in [-0.05, 0) is 6.92 Å². The van der Waals surface area contributed by atoms with Crippen molar-refractivity contribution in [1.82, 2.24) is 4.98 Å². The van der Waals surface area contributed by atoms with Crippen molar-refractivity contribution in [3.05, 3.63) is 33.5 Å². The van der Waals surface area contributed by atoms with Crippen LogP contribution >= 0.6 is 0 Å². The van der Waals surface area contributed by atoms with Crippen LogP contribution in [0.3, 0.4) is 0 Å². The highest BCUT2D eigenvalue weighted by atomic mass is 16.6. The molecule has 0 unspecified atom stereocenters. The number of rotatable bonds is 2. The first-order valence-corrected chi connectivity index (χ1v) is 4.64. The molecule has 7 heteroatoms. The van der Waals surface area contributed by atoms with Gasteiger partial charge in [-0.2, -0.15) is 0 Å². The van der Waals surface area contributed by atoms with Gasteiger partial charge in [-0.3, -0.25) is 10.1 Å². The van der Waals surface area contributed by atoms with Crippen LogP contribution in [-0.2, 0) is 0 Å². The standard InChI is InChI=1S/C10H8N2O5/c1-4-8(10(14)15)6-2-5(12(16)17)3-7(13)9(6)11-4/h2-3,11,13H,1H3,(H,14,15). The van der Waals surface area contributed by atoms with E-state index < -0.39 is 10.9 Å². The summed E-state index contributed by atoms with van der Waals surface area (Å²) in [6.45, 7) is 1.52. The topological polar surface area (TPSA) is 116 Å². The van der Waals surface area contributed by atoms with Crippen molar-refractivity contribution in [2.45, 2.75) is 6.92 Å². The van der Waals surface area contributed by atoms with Gasteiger partial charge in [0.15, 0.2) is 0 Å². The van der Waals surface area contributed by atoms with Gasteiger partial charge in [0.05, 0.1) is 22.1 Å². The fourth-order valence-corrected chi connectivity index (χ4v) is 1.77. The number of phenols is 1. The van der Waals surface area contributed by atoms with Gasteiger partial charge in [0.25, 0.3) is 5.69 Å². The molecular weight excluding hydrogens is 228 g/mol. The number of hydrogen-bond acceptors (Lipinski definition) is 4. The van der Waals surface area contributed by atoms with E-state index in [1.807, 2.05) is 0 Å². The van der Waals surface area contributed by atoms with Crippen LogP contribution in [0.25, 0.3) is 10.9 Å². The number of carboxylic acid groups (broad SMARTS) is 1. The third-order valence-electron chi connectivity index (χ3n) is 2.48. The van der Waals surface area contributed by atoms with Crippen molar-refractivity contribution >= 4 is 22.6 Å². The van der Waals surface area contributed by atoms with Crippen LogP contribution in [-0.4, -0.2) is 26.1 Å². The van der Waals surface area contributed by atoms with Gasteiger partial charge in [-0.15, -0.1) is 0 Å². The maximum atomic E-state index is 11.0. The Kier molecular flexibility index (Phi) is 2.24. The van der Waals surface area contributed by atoms with Gasteiger partial charge in [0, 0.05) is 17.1 Å². The van der Waals surface area contributed by atoms with E-state index in [1.165, 1.54) is 6.92 Å². The molecule has 1 heterocycles. The van der Waals surface area contributed by atoms with Crippen LogP contribution in [0.2, 0.25) is 0 Å². The molecule has 0 bridgehead atoms. The molecule has 0 saturated heterocycles. The number of phenolic OH excluding ortho intramolecular Hbond substituents is 1. The first-order chi connectivity index (χ1) is 7.91. The Morgan fingerprint density at radius 1 is 1.47 bits per heavy atom. The number of aromatic nitrogens is 1. The number of nitrogens with one attached hydrogen (secondary N) is 1. The SMILES string of the molecule is Cc1[nH]c2c(O)cc([N+](=O)[O-])cc2c1C(=O)O. The van der Waals surface area contributed by atoms with Crippen molar-refractivity contribution in [2.24, 2.45) is 0 Å². The number of non-ortho nitro benzene ring substituents is 1. The van der Waals surface area contributed by atoms with Crippen molar-refractivity contribution in [3.8, 4) is 5.75 Å². The van der Waals surface area contributed by atoms with Gasteiger partial charge in [0.1, 0.15) is 5.75 Å². The fraction of sp³-hybridized carbons (Fsp3) is 0.100. The van der Waals surface area contributed by atoms with E-state index in [-0.39, 0.29) is 27.9 Å². The van der Waals surface area contributed by atoms with E-state index in [0.29, 0.717) is 5.69 Å². The van der Waals surface area contributed by atoms with Gasteiger partial charge in [-0.1, -0.05) is 0 Å². The third kappa shape index (κ3) is 1.57. The highest BCUT2D eigenvalue weighted by Crippen LogP contribution is 2.33. The number of aromatic hydroxyl groups is 1. The maximum Gasteiger partial charge on any atom is 0.338 e. The number of benzene rings is 1. The minimum atomic E-state index is -1.20. The number of aryl methyl sites for hydroxylation is 1. The zero-order chi connectivity index (χ0) is 12.7. The number of aromatic carboxylic acids is 1. The molecule has 88 valence electrons. The monoisotopic (exact) mass is 236 g/mol. The average molecular weight is 236 g/mol. The Labute approximate surface area is 94.5 Å². The molecule has 7 nitrogen and oxygen atoms in total. The summed E-state index contributed by atoms with van der Waals surface area (Å²) in [5.41, 5.74) is 0.101. The highest BCUT2D eigenvalue weighted by molar-refractivity contribution is 6.06. The first-order valence-electron chi connectivity index (χ1n) is 4.64. The Bertz CT molecular complexity index is 644. The molecule has 2 aromatic rings. The summed E-state index contributed by atoms with van der Waals surface area (Å²) in [7, 11) is 0. The summed E-state index contributed by atoms with van der Waals surface area (Å²) in [5, 5.41) is 29.3. The number of hydrogen-bond donors (Lipinski definition) is 3. The molecule has 0 aliphatic rings. The molecule has 0 fully saturated rings. The number of nitro groups is 1. The second kappa shape index (κ2) is 3.48. The van der Waals surface area contributed by atoms with Crippen molar-refractivity contribution in [2.75, 3.05) is 0 Å². The van der Waals surface area contributed by atoms with Crippen LogP contribution in [0.15, 0.2) is 12.1 Å². The predicted molar refractivity (Wildman–Crippen MR) is 58.3 cm³/mol. The van der Waals surface area contributed by atoms with Crippen LogP contribution in [0.1, 0.15) is 16.1 Å². The molecule has 1 aromatic heterocycles. The number of aromatic amines is 1. The van der Waals surface area contributed by atoms with E-state index >= 15 is 0 Å². The minimum Gasteiger partial charge on any atom is -0.505 e. The predicted octanol–water partition coefficient (Wildman–Crippen LogP) is 1.79. The van der Waals surface area contributed by atoms with E-state index in [2.05, 4.69) is 4.98 Å². The van der Waals surface area contributed by atoms with Gasteiger partial charge in [0.2, 0.25) is 0 Å². The molecule has 1 aromatic carbocycles. The lowest BCUT2D eigenvalue weighted by Gasteiger charge is -1.97. The van der Waals surface area contributed by atoms with Gasteiger partial charge in [-0.25, -0.2) is 4.79 Å². The van der Waals surface area contributed by atoms with E-state index in [4.69, 9.17) is 5.11 Å². The largest absolute Gasteiger partial charge is 0.505 e. The van der Waals surface area contributed by atoms with Crippen molar-refractivity contribution in [3.63, 3.8) is 0 Å². The summed E-state index contributed by atoms with van der Waals surface area (Å²) in [4.78, 5) is 23.6. The van der Waals surface area contributed by atoms with Crippen LogP contribution < -0.4 is 0 Å². The van der Waals surface area contributed by atoms with Gasteiger partial charge >= 0.3 is 5.97 Å². The average Bonchev–Trinajstić information content (AvgIpc) is 2.54. The van der Waals surface area contributed by atoms with E-state index in [9.17, 15) is 20.0 Å². The number of carbonyl (C=O) groups is 1. The molecule has 0 atom stereocenters. The van der Waals surface area contributed by atoms with Crippen molar-refractivity contribution < 1.29 is 19.9 Å². The van der Waals surface area contributed by atoms with Crippen LogP contribution in [0.5, 0.6) is 5.75 Å². The third-order valence-corrected chi connectivity index (χ3v) is 2.48. The summed E-state index contributed by atoms with van der Waals surface area (Å²) in [6, 6.07) is 2.10. The Morgan fingerprint density at radius 3 is 2.65 bits per heavy atom. The lowest BCUT2D eigenvalue weighted by atomic mass is 10.1. The number of nitro benzene ring substituents is 1. The molecule has 0 radical (unpaired) electrons. The Balaban J connectivity index is 2.89. The summed E-state index contributed by atoms with van der Waals surface area (Å²) in [6.07, 6.45) is 0. The zero-order valence-electron chi connectivity index (χ0n) is 8.72. The lowest BCUT2D eigenvalue weighted by Crippen LogP contribution is -1.97. The highest BCUT2D eigenvalue weighted by Gasteiger charge is 2.20. The van der Waals surface area contributed by atoms with E-state index in [1.54, 1.807) is 0 Å². The molecular formula is C10H8N2O5. The zero-order valence-corrected chi connectivity index (χ0v) is 8.72. The van der Waals surface area contributed by atoms with E-state index in [0.717, 1.165) is 12.1 Å². The van der Waals surface area contributed by atoms with Gasteiger partial charge < -0.3 is 15.2 Å². The number of carboxylic acids is 1. The molecule has 3 N–H and O–H groups in total. The van der Waals surface area contributed by atoms with Crippen LogP contribution in [0.4, 0.5) is 5.69 Å². The quantitative estimate of drug-likeness (QED) is 0.542. The summed E-state index contributed by atoms with van der Waals surface area (Å²) >= 11 is 0. The summed E-state index contributed by atoms with van der Waals surface area (Å²) < 4.78 is 0. The maximum absolute atomic E-state index is 11.0. The van der Waals surface area contributed by atoms with Crippen LogP contribution in [0, 0.1) is 17.0 Å². The molecule has 0 aliphatic heterocycles. The van der Waals surface area contributed by atoms with Crippen molar-refractivity contribution in [1.29, 1.82) is 0 Å². The fourth-order valence-electron chi connectivity index (χ4n) is 1.77. The molecule has 0 aliphatic carbocycles. The first kappa shape index (κ1) is 10.9. The smallest absolute Gasteiger partial charge is 0.338 e. The molecule has 2 rings (SSSR count). The molecule has 0 amide bonds.